The van der Waals surface area contributed by atoms with E-state index in [0.29, 0.717) is 0 Å². The molecular formula is C17H14F3N5O3S2. The van der Waals surface area contributed by atoms with Crippen LogP contribution in [0.5, 0.6) is 0 Å². The van der Waals surface area contributed by atoms with Crippen LogP contribution >= 0.6 is 12.2 Å². The Hall–Kier alpha value is -3.03. The molecule has 0 bridgehead atoms. The minimum Gasteiger partial charge on any atom is -0.374 e. The molecule has 13 heteroatoms. The topological polar surface area (TPSA) is 122 Å². The predicted octanol–water partition coefficient (Wildman–Crippen LogP) is 1.78. The van der Waals surface area contributed by atoms with Crippen LogP contribution in [-0.2, 0) is 21.0 Å². The van der Waals surface area contributed by atoms with E-state index >= 15 is 0 Å². The van der Waals surface area contributed by atoms with E-state index in [1.54, 1.807) is 0 Å². The lowest BCUT2D eigenvalue weighted by atomic mass is 10.1. The number of alkyl halides is 3. The summed E-state index contributed by atoms with van der Waals surface area (Å²) in [6, 6.07) is 8.57. The fraction of sp³-hybridized carbons (Fsp3) is 0.118. The molecule has 2 aromatic carbocycles. The molecule has 0 atom stereocenters. The maximum absolute atomic E-state index is 13.4. The highest BCUT2D eigenvalue weighted by Crippen LogP contribution is 2.41. The van der Waals surface area contributed by atoms with Gasteiger partial charge in [0.15, 0.2) is 10.8 Å². The van der Waals surface area contributed by atoms with Gasteiger partial charge in [-0.3, -0.25) is 4.79 Å². The van der Waals surface area contributed by atoms with Crippen molar-refractivity contribution in [2.75, 3.05) is 17.0 Å². The maximum Gasteiger partial charge on any atom is 0.418 e. The number of anilines is 2. The molecule has 0 saturated heterocycles. The summed E-state index contributed by atoms with van der Waals surface area (Å²) in [7, 11) is -3.06. The number of carbonyl (C=O) groups is 1. The van der Waals surface area contributed by atoms with Crippen molar-refractivity contribution >= 4 is 50.3 Å². The second kappa shape index (κ2) is 7.34. The molecule has 3 rings (SSSR count). The lowest BCUT2D eigenvalue weighted by molar-refractivity contribution is -0.137. The van der Waals surface area contributed by atoms with E-state index in [-0.39, 0.29) is 21.8 Å². The number of primary sulfonamides is 1. The second-order valence-electron chi connectivity index (χ2n) is 6.18. The standard InChI is InChI=1S/C17H14F3N5O3S2/c1-24-14-9(5-4-6-10(14)17(18,19)20)13(15(24)26)23-25(16(21)29)11-7-2-3-8-12(11)30(22,27)28/h2-8H,1H3,(H2,21,29)(H2,22,27,28)/b23-13-. The van der Waals surface area contributed by atoms with E-state index in [4.69, 9.17) is 23.1 Å². The van der Waals surface area contributed by atoms with Crippen LogP contribution in [-0.4, -0.2) is 32.2 Å². The summed E-state index contributed by atoms with van der Waals surface area (Å²) >= 11 is 4.92. The lowest BCUT2D eigenvalue weighted by Gasteiger charge is -2.20. The third-order valence-electron chi connectivity index (χ3n) is 4.25. The van der Waals surface area contributed by atoms with Gasteiger partial charge < -0.3 is 10.6 Å². The number of para-hydroxylation sites is 2. The molecule has 0 radical (unpaired) electrons. The molecule has 1 heterocycles. The van der Waals surface area contributed by atoms with Crippen LogP contribution < -0.4 is 20.8 Å². The van der Waals surface area contributed by atoms with Crippen LogP contribution in [0.1, 0.15) is 11.1 Å². The summed E-state index contributed by atoms with van der Waals surface area (Å²) in [5, 5.41) is 9.55. The van der Waals surface area contributed by atoms with Gasteiger partial charge in [-0.15, -0.1) is 0 Å². The number of fused-ring (bicyclic) bond motifs is 1. The number of rotatable bonds is 3. The Morgan fingerprint density at radius 1 is 1.17 bits per heavy atom. The molecule has 0 unspecified atom stereocenters. The maximum atomic E-state index is 13.4. The van der Waals surface area contributed by atoms with Crippen LogP contribution in [0.4, 0.5) is 24.5 Å². The van der Waals surface area contributed by atoms with Crippen molar-refractivity contribution in [3.05, 3.63) is 53.6 Å². The van der Waals surface area contributed by atoms with Crippen LogP contribution in [0.2, 0.25) is 0 Å². The van der Waals surface area contributed by atoms with Crippen molar-refractivity contribution in [3.8, 4) is 0 Å². The smallest absolute Gasteiger partial charge is 0.374 e. The Kier molecular flexibility index (Phi) is 5.30. The third kappa shape index (κ3) is 3.74. The zero-order chi connectivity index (χ0) is 22.4. The van der Waals surface area contributed by atoms with Gasteiger partial charge in [-0.05, 0) is 30.4 Å². The van der Waals surface area contributed by atoms with Gasteiger partial charge in [-0.25, -0.2) is 18.6 Å². The molecule has 0 aromatic heterocycles. The molecule has 1 aliphatic rings. The Morgan fingerprint density at radius 3 is 2.37 bits per heavy atom. The van der Waals surface area contributed by atoms with E-state index < -0.39 is 38.5 Å². The first-order chi connectivity index (χ1) is 13.8. The van der Waals surface area contributed by atoms with Gasteiger partial charge in [0, 0.05) is 12.6 Å². The second-order valence-corrected chi connectivity index (χ2v) is 8.12. The van der Waals surface area contributed by atoms with Crippen molar-refractivity contribution in [1.29, 1.82) is 0 Å². The van der Waals surface area contributed by atoms with Crippen molar-refractivity contribution in [1.82, 2.24) is 0 Å². The first kappa shape index (κ1) is 21.7. The molecule has 0 fully saturated rings. The SMILES string of the molecule is CN1C(=O)/C(=N\N(C(N)=S)c2ccccc2S(N)(=O)=O)c2cccc(C(F)(F)F)c21. The average Bonchev–Trinajstić information content (AvgIpc) is 2.89. The van der Waals surface area contributed by atoms with E-state index in [1.807, 2.05) is 0 Å². The highest BCUT2D eigenvalue weighted by Gasteiger charge is 2.42. The van der Waals surface area contributed by atoms with Gasteiger partial charge in [0.05, 0.1) is 16.9 Å². The number of hydrogen-bond acceptors (Lipinski definition) is 5. The molecular weight excluding hydrogens is 443 g/mol. The van der Waals surface area contributed by atoms with Crippen molar-refractivity contribution in [3.63, 3.8) is 0 Å². The number of sulfonamides is 1. The molecule has 1 amide bonds. The molecule has 0 spiro atoms. The highest BCUT2D eigenvalue weighted by atomic mass is 32.2. The quantitative estimate of drug-likeness (QED) is 0.535. The Labute approximate surface area is 174 Å². The summed E-state index contributed by atoms with van der Waals surface area (Å²) in [4.78, 5) is 13.1. The van der Waals surface area contributed by atoms with E-state index in [0.717, 1.165) is 22.0 Å². The number of hydrogen-bond donors (Lipinski definition) is 2. The number of hydrazone groups is 1. The number of thiocarbonyl (C=S) groups is 1. The summed E-state index contributed by atoms with van der Waals surface area (Å²) in [5.41, 5.74) is 3.61. The molecule has 30 heavy (non-hydrogen) atoms. The normalized spacial score (nSPS) is 15.4. The predicted molar refractivity (Wildman–Crippen MR) is 108 cm³/mol. The fourth-order valence-electron chi connectivity index (χ4n) is 2.99. The van der Waals surface area contributed by atoms with E-state index in [2.05, 4.69) is 5.10 Å². The Bertz CT molecular complexity index is 1200. The number of likely N-dealkylation sites (N-methyl/N-ethyl adjacent to an activating group) is 1. The molecule has 8 nitrogen and oxygen atoms in total. The van der Waals surface area contributed by atoms with Gasteiger partial charge in [-0.2, -0.15) is 18.3 Å². The summed E-state index contributed by atoms with van der Waals surface area (Å²) in [5.74, 6) is -0.851. The summed E-state index contributed by atoms with van der Waals surface area (Å²) in [6.45, 7) is 0. The summed E-state index contributed by atoms with van der Waals surface area (Å²) in [6.07, 6.45) is -4.71. The van der Waals surface area contributed by atoms with Crippen molar-refractivity contribution in [2.45, 2.75) is 11.1 Å². The highest BCUT2D eigenvalue weighted by molar-refractivity contribution is 7.89. The third-order valence-corrected chi connectivity index (χ3v) is 5.38. The number of benzene rings is 2. The number of carbonyl (C=O) groups excluding carboxylic acids is 1. The Morgan fingerprint density at radius 2 is 1.80 bits per heavy atom. The fourth-order valence-corrected chi connectivity index (χ4v) is 3.84. The van der Waals surface area contributed by atoms with Gasteiger partial charge in [0.25, 0.3) is 5.91 Å². The first-order valence-electron chi connectivity index (χ1n) is 8.12. The van der Waals surface area contributed by atoms with Crippen LogP contribution in [0, 0.1) is 0 Å². The van der Waals surface area contributed by atoms with Gasteiger partial charge in [0.2, 0.25) is 10.0 Å². The molecule has 158 valence electrons. The largest absolute Gasteiger partial charge is 0.418 e. The van der Waals surface area contributed by atoms with Crippen molar-refractivity contribution in [2.24, 2.45) is 16.0 Å². The van der Waals surface area contributed by atoms with Crippen LogP contribution in [0.15, 0.2) is 52.5 Å². The molecule has 0 aliphatic carbocycles. The zero-order valence-corrected chi connectivity index (χ0v) is 16.8. The lowest BCUT2D eigenvalue weighted by Crippen LogP contribution is -2.35. The minimum absolute atomic E-state index is 0.105. The number of nitrogens with zero attached hydrogens (tertiary/aromatic N) is 3. The number of nitrogens with two attached hydrogens (primary N) is 2. The zero-order valence-electron chi connectivity index (χ0n) is 15.2. The molecule has 1 aliphatic heterocycles. The van der Waals surface area contributed by atoms with Crippen molar-refractivity contribution < 1.29 is 26.4 Å². The van der Waals surface area contributed by atoms with E-state index in [1.165, 1.54) is 37.4 Å². The van der Waals surface area contributed by atoms with Gasteiger partial charge >= 0.3 is 6.18 Å². The van der Waals surface area contributed by atoms with Gasteiger partial charge in [0.1, 0.15) is 4.90 Å². The molecule has 0 saturated carbocycles. The average molecular weight is 457 g/mol. The molecule has 4 N–H and O–H groups in total. The Balaban J connectivity index is 2.25. The summed E-state index contributed by atoms with van der Waals surface area (Å²) < 4.78 is 64.0. The van der Waals surface area contributed by atoms with Crippen LogP contribution in [0.25, 0.3) is 0 Å². The molecule has 2 aromatic rings. The first-order valence-corrected chi connectivity index (χ1v) is 10.1. The van der Waals surface area contributed by atoms with Gasteiger partial charge in [-0.1, -0.05) is 24.3 Å². The van der Waals surface area contributed by atoms with E-state index in [9.17, 15) is 26.4 Å². The minimum atomic E-state index is -4.71. The monoisotopic (exact) mass is 457 g/mol. The number of amides is 1. The van der Waals surface area contributed by atoms with Crippen LogP contribution in [0.3, 0.4) is 0 Å². The number of halogens is 3.